The SMILES string of the molecule is CC1CCC(C(C)C)C(O[P](=O)O)C1. The van der Waals surface area contributed by atoms with E-state index in [4.69, 9.17) is 9.42 Å². The molecule has 1 N–H and O–H groups in total. The maximum Gasteiger partial charge on any atom is 0.366 e. The third-order valence-electron chi connectivity index (χ3n) is 3.19. The molecule has 14 heavy (non-hydrogen) atoms. The largest absolute Gasteiger partial charge is 0.366 e. The highest BCUT2D eigenvalue weighted by Gasteiger charge is 2.32. The fourth-order valence-corrected chi connectivity index (χ4v) is 2.83. The van der Waals surface area contributed by atoms with Crippen molar-refractivity contribution >= 4 is 8.25 Å². The van der Waals surface area contributed by atoms with Gasteiger partial charge in [0, 0.05) is 0 Å². The number of hydrogen-bond acceptors (Lipinski definition) is 2. The molecular weight excluding hydrogens is 199 g/mol. The highest BCUT2D eigenvalue weighted by molar-refractivity contribution is 7.32. The van der Waals surface area contributed by atoms with Crippen molar-refractivity contribution in [2.75, 3.05) is 0 Å². The van der Waals surface area contributed by atoms with Crippen molar-refractivity contribution < 1.29 is 14.0 Å². The van der Waals surface area contributed by atoms with Crippen LogP contribution in [0.25, 0.3) is 0 Å². The normalized spacial score (nSPS) is 34.6. The molecule has 0 amide bonds. The lowest BCUT2D eigenvalue weighted by Gasteiger charge is -2.35. The van der Waals surface area contributed by atoms with Gasteiger partial charge in [-0.3, -0.25) is 9.42 Å². The van der Waals surface area contributed by atoms with E-state index in [9.17, 15) is 4.57 Å². The third-order valence-corrected chi connectivity index (χ3v) is 3.64. The first kappa shape index (κ1) is 12.1. The molecule has 1 fully saturated rings. The number of rotatable bonds is 3. The van der Waals surface area contributed by atoms with E-state index in [0.717, 1.165) is 12.8 Å². The summed E-state index contributed by atoms with van der Waals surface area (Å²) >= 11 is 0. The van der Waals surface area contributed by atoms with Gasteiger partial charge in [0.05, 0.1) is 6.10 Å². The molecule has 1 radical (unpaired) electrons. The second-order valence-electron chi connectivity index (χ2n) is 4.71. The van der Waals surface area contributed by atoms with Gasteiger partial charge in [-0.25, -0.2) is 4.57 Å². The molecule has 3 nitrogen and oxygen atoms in total. The Labute approximate surface area is 86.8 Å². The molecule has 0 heterocycles. The summed E-state index contributed by atoms with van der Waals surface area (Å²) in [6.45, 7) is 6.49. The molecule has 0 aromatic rings. The van der Waals surface area contributed by atoms with Crippen LogP contribution >= 0.6 is 8.25 Å². The second-order valence-corrected chi connectivity index (χ2v) is 5.39. The lowest BCUT2D eigenvalue weighted by atomic mass is 9.75. The Balaban J connectivity index is 2.58. The van der Waals surface area contributed by atoms with Crippen molar-refractivity contribution in [2.45, 2.75) is 46.1 Å². The van der Waals surface area contributed by atoms with E-state index < -0.39 is 8.25 Å². The second kappa shape index (κ2) is 5.20. The predicted molar refractivity (Wildman–Crippen MR) is 56.0 cm³/mol. The summed E-state index contributed by atoms with van der Waals surface area (Å²) in [6, 6.07) is 0. The fraction of sp³-hybridized carbons (Fsp3) is 1.00. The van der Waals surface area contributed by atoms with Crippen LogP contribution in [0.5, 0.6) is 0 Å². The van der Waals surface area contributed by atoms with Crippen LogP contribution in [0.1, 0.15) is 40.0 Å². The quantitative estimate of drug-likeness (QED) is 0.742. The Kier molecular flexibility index (Phi) is 4.49. The Morgan fingerprint density at radius 3 is 2.57 bits per heavy atom. The monoisotopic (exact) mass is 219 g/mol. The summed E-state index contributed by atoms with van der Waals surface area (Å²) in [6.07, 6.45) is 3.23. The Hall–Kier alpha value is 0.0200. The van der Waals surface area contributed by atoms with Gasteiger partial charge in [0.2, 0.25) is 0 Å². The van der Waals surface area contributed by atoms with Gasteiger partial charge in [-0.1, -0.05) is 27.2 Å². The molecule has 1 aliphatic rings. The van der Waals surface area contributed by atoms with E-state index in [1.165, 1.54) is 6.42 Å². The van der Waals surface area contributed by atoms with Crippen molar-refractivity contribution in [2.24, 2.45) is 17.8 Å². The van der Waals surface area contributed by atoms with Crippen LogP contribution in [0.15, 0.2) is 0 Å². The fourth-order valence-electron chi connectivity index (χ4n) is 2.35. The van der Waals surface area contributed by atoms with Gasteiger partial charge in [-0.05, 0) is 30.6 Å². The van der Waals surface area contributed by atoms with E-state index in [-0.39, 0.29) is 6.10 Å². The lowest BCUT2D eigenvalue weighted by molar-refractivity contribution is 0.0438. The van der Waals surface area contributed by atoms with Gasteiger partial charge in [-0.15, -0.1) is 0 Å². The maximum absolute atomic E-state index is 10.7. The van der Waals surface area contributed by atoms with Gasteiger partial charge in [0.1, 0.15) is 0 Å². The minimum Gasteiger partial charge on any atom is -0.298 e. The average molecular weight is 219 g/mol. The van der Waals surface area contributed by atoms with Gasteiger partial charge in [0.25, 0.3) is 0 Å². The first-order chi connectivity index (χ1) is 6.50. The molecule has 0 spiro atoms. The third kappa shape index (κ3) is 3.30. The summed E-state index contributed by atoms with van der Waals surface area (Å²) in [7, 11) is -2.44. The summed E-state index contributed by atoms with van der Waals surface area (Å²) in [4.78, 5) is 8.78. The van der Waals surface area contributed by atoms with E-state index in [1.54, 1.807) is 0 Å². The predicted octanol–water partition coefficient (Wildman–Crippen LogP) is 3.11. The zero-order chi connectivity index (χ0) is 10.7. The molecule has 0 aromatic heterocycles. The van der Waals surface area contributed by atoms with Crippen LogP contribution in [0.2, 0.25) is 0 Å². The molecule has 4 atom stereocenters. The molecule has 0 saturated heterocycles. The highest BCUT2D eigenvalue weighted by atomic mass is 31.1. The summed E-state index contributed by atoms with van der Waals surface area (Å²) in [5, 5.41) is 0. The molecule has 1 aliphatic carbocycles. The summed E-state index contributed by atoms with van der Waals surface area (Å²) in [5.74, 6) is 1.59. The molecule has 0 aromatic carbocycles. The Bertz CT molecular complexity index is 206. The van der Waals surface area contributed by atoms with Gasteiger partial charge in [-0.2, -0.15) is 0 Å². The molecular formula is C10H20O3P. The molecule has 0 aliphatic heterocycles. The molecule has 4 unspecified atom stereocenters. The van der Waals surface area contributed by atoms with Gasteiger partial charge < -0.3 is 0 Å². The van der Waals surface area contributed by atoms with E-state index in [1.807, 2.05) is 0 Å². The maximum atomic E-state index is 10.7. The first-order valence-corrected chi connectivity index (χ1v) is 6.46. The zero-order valence-electron chi connectivity index (χ0n) is 9.14. The van der Waals surface area contributed by atoms with Crippen LogP contribution in [0.3, 0.4) is 0 Å². The summed E-state index contributed by atoms with van der Waals surface area (Å²) < 4.78 is 15.8. The topological polar surface area (TPSA) is 46.5 Å². The Morgan fingerprint density at radius 1 is 1.43 bits per heavy atom. The number of hydrogen-bond donors (Lipinski definition) is 1. The van der Waals surface area contributed by atoms with Crippen LogP contribution in [0.4, 0.5) is 0 Å². The Morgan fingerprint density at radius 2 is 2.07 bits per heavy atom. The van der Waals surface area contributed by atoms with Gasteiger partial charge in [0.15, 0.2) is 0 Å². The first-order valence-electron chi connectivity index (χ1n) is 5.33. The van der Waals surface area contributed by atoms with Crippen molar-refractivity contribution in [3.05, 3.63) is 0 Å². The standard InChI is InChI=1S/C10H20O3P/c1-7(2)9-5-4-8(3)6-10(9)13-14(11)12/h7-10H,4-6H2,1-3H3,(H,11,12). The molecule has 83 valence electrons. The summed E-state index contributed by atoms with van der Waals surface area (Å²) in [5.41, 5.74) is 0. The van der Waals surface area contributed by atoms with Crippen LogP contribution in [-0.2, 0) is 9.09 Å². The average Bonchev–Trinajstić information content (AvgIpc) is 2.01. The van der Waals surface area contributed by atoms with Crippen LogP contribution in [0, 0.1) is 17.8 Å². The van der Waals surface area contributed by atoms with Crippen LogP contribution in [-0.4, -0.2) is 11.0 Å². The molecule has 4 heteroatoms. The smallest absolute Gasteiger partial charge is 0.298 e. The molecule has 1 rings (SSSR count). The van der Waals surface area contributed by atoms with Crippen LogP contribution < -0.4 is 0 Å². The minimum absolute atomic E-state index is 0.0210. The molecule has 1 saturated carbocycles. The minimum atomic E-state index is -2.44. The zero-order valence-corrected chi connectivity index (χ0v) is 10.0. The lowest BCUT2D eigenvalue weighted by Crippen LogP contribution is -2.32. The van der Waals surface area contributed by atoms with Crippen molar-refractivity contribution in [3.8, 4) is 0 Å². The molecule has 0 bridgehead atoms. The van der Waals surface area contributed by atoms with E-state index >= 15 is 0 Å². The van der Waals surface area contributed by atoms with Crippen molar-refractivity contribution in [1.29, 1.82) is 0 Å². The van der Waals surface area contributed by atoms with Gasteiger partial charge >= 0.3 is 8.25 Å². The van der Waals surface area contributed by atoms with E-state index in [2.05, 4.69) is 20.8 Å². The van der Waals surface area contributed by atoms with Crippen molar-refractivity contribution in [3.63, 3.8) is 0 Å². The highest BCUT2D eigenvalue weighted by Crippen LogP contribution is 2.38. The van der Waals surface area contributed by atoms with Crippen molar-refractivity contribution in [1.82, 2.24) is 0 Å². The van der Waals surface area contributed by atoms with E-state index in [0.29, 0.717) is 17.8 Å².